The second kappa shape index (κ2) is 5.47. The maximum atomic E-state index is 12.7. The van der Waals surface area contributed by atoms with Gasteiger partial charge < -0.3 is 9.47 Å². The van der Waals surface area contributed by atoms with Crippen LogP contribution in [0.5, 0.6) is 11.5 Å². The van der Waals surface area contributed by atoms with Crippen molar-refractivity contribution in [1.82, 2.24) is 0 Å². The minimum atomic E-state index is 0.163. The lowest BCUT2D eigenvalue weighted by Crippen LogP contribution is -2.26. The van der Waals surface area contributed by atoms with Gasteiger partial charge in [0.2, 0.25) is 0 Å². The molecule has 0 N–H and O–H groups in total. The summed E-state index contributed by atoms with van der Waals surface area (Å²) in [5, 5.41) is 0. The van der Waals surface area contributed by atoms with E-state index in [0.29, 0.717) is 30.8 Å². The van der Waals surface area contributed by atoms with Gasteiger partial charge in [0.25, 0.3) is 0 Å². The molecule has 1 heterocycles. The van der Waals surface area contributed by atoms with Crippen molar-refractivity contribution in [1.29, 1.82) is 0 Å². The fourth-order valence-electron chi connectivity index (χ4n) is 3.59. The summed E-state index contributed by atoms with van der Waals surface area (Å²) in [6.07, 6.45) is 3.26. The number of ether oxygens (including phenoxy) is 2. The third kappa shape index (κ3) is 2.67. The Morgan fingerprint density at radius 2 is 1.65 bits per heavy atom. The number of hydrogen-bond acceptors (Lipinski definition) is 3. The minimum Gasteiger partial charge on any atom is -0.486 e. The van der Waals surface area contributed by atoms with E-state index >= 15 is 0 Å². The highest BCUT2D eigenvalue weighted by Gasteiger charge is 2.30. The summed E-state index contributed by atoms with van der Waals surface area (Å²) < 4.78 is 11.1. The first-order chi connectivity index (χ1) is 9.63. The smallest absolute Gasteiger partial charge is 0.166 e. The Morgan fingerprint density at radius 1 is 1.00 bits per heavy atom. The molecule has 1 aliphatic carbocycles. The lowest BCUT2D eigenvalue weighted by Gasteiger charge is -2.30. The standard InChI is InChI=1S/C17H22O3/c1-11-7-12(2)9-14(8-11)17(18)13-3-4-15-16(10-13)20-6-5-19-15/h3-4,10-12,14H,5-9H2,1-2H3. The summed E-state index contributed by atoms with van der Waals surface area (Å²) in [6.45, 7) is 5.64. The van der Waals surface area contributed by atoms with E-state index in [4.69, 9.17) is 9.47 Å². The Hall–Kier alpha value is -1.51. The van der Waals surface area contributed by atoms with E-state index in [0.717, 1.165) is 24.2 Å². The fraction of sp³-hybridized carbons (Fsp3) is 0.588. The maximum Gasteiger partial charge on any atom is 0.166 e. The molecule has 1 saturated carbocycles. The first-order valence-electron chi connectivity index (χ1n) is 7.57. The molecule has 1 aromatic carbocycles. The molecule has 0 radical (unpaired) electrons. The van der Waals surface area contributed by atoms with Crippen molar-refractivity contribution >= 4 is 5.78 Å². The molecule has 1 fully saturated rings. The second-order valence-corrected chi connectivity index (χ2v) is 6.34. The summed E-state index contributed by atoms with van der Waals surface area (Å²) in [6, 6.07) is 5.58. The quantitative estimate of drug-likeness (QED) is 0.771. The minimum absolute atomic E-state index is 0.163. The van der Waals surface area contributed by atoms with Crippen LogP contribution in [-0.2, 0) is 0 Å². The van der Waals surface area contributed by atoms with Crippen molar-refractivity contribution in [2.45, 2.75) is 33.1 Å². The van der Waals surface area contributed by atoms with Crippen molar-refractivity contribution in [3.05, 3.63) is 23.8 Å². The van der Waals surface area contributed by atoms with Gasteiger partial charge in [-0.15, -0.1) is 0 Å². The number of rotatable bonds is 2. The van der Waals surface area contributed by atoms with Gasteiger partial charge >= 0.3 is 0 Å². The van der Waals surface area contributed by atoms with Crippen molar-refractivity contribution in [2.75, 3.05) is 13.2 Å². The molecule has 2 atom stereocenters. The first kappa shape index (κ1) is 13.5. The molecular formula is C17H22O3. The van der Waals surface area contributed by atoms with Crippen LogP contribution in [0.4, 0.5) is 0 Å². The highest BCUT2D eigenvalue weighted by Crippen LogP contribution is 2.36. The summed E-state index contributed by atoms with van der Waals surface area (Å²) in [5.41, 5.74) is 0.764. The van der Waals surface area contributed by atoms with Crippen molar-refractivity contribution in [3.8, 4) is 11.5 Å². The SMILES string of the molecule is CC1CC(C)CC(C(=O)c2ccc3c(c2)OCCO3)C1. The number of ketones is 1. The topological polar surface area (TPSA) is 35.5 Å². The number of fused-ring (bicyclic) bond motifs is 1. The van der Waals surface area contributed by atoms with Gasteiger partial charge in [-0.25, -0.2) is 0 Å². The molecule has 0 amide bonds. The fourth-order valence-corrected chi connectivity index (χ4v) is 3.59. The average Bonchev–Trinajstić information content (AvgIpc) is 2.45. The highest BCUT2D eigenvalue weighted by molar-refractivity contribution is 5.98. The third-order valence-electron chi connectivity index (χ3n) is 4.38. The monoisotopic (exact) mass is 274 g/mol. The Kier molecular flexibility index (Phi) is 3.68. The molecule has 2 aliphatic rings. The Labute approximate surface area is 120 Å². The molecule has 3 nitrogen and oxygen atoms in total. The van der Waals surface area contributed by atoms with Crippen molar-refractivity contribution < 1.29 is 14.3 Å². The van der Waals surface area contributed by atoms with Gasteiger partial charge in [-0.05, 0) is 49.3 Å². The molecule has 1 aliphatic heterocycles. The molecule has 108 valence electrons. The van der Waals surface area contributed by atoms with Crippen LogP contribution >= 0.6 is 0 Å². The number of carbonyl (C=O) groups is 1. The van der Waals surface area contributed by atoms with Crippen LogP contribution in [0.3, 0.4) is 0 Å². The number of hydrogen-bond donors (Lipinski definition) is 0. The van der Waals surface area contributed by atoms with Gasteiger partial charge in [0, 0.05) is 11.5 Å². The molecule has 0 aromatic heterocycles. The van der Waals surface area contributed by atoms with E-state index in [2.05, 4.69) is 13.8 Å². The molecule has 0 bridgehead atoms. The van der Waals surface area contributed by atoms with E-state index < -0.39 is 0 Å². The molecule has 3 rings (SSSR count). The number of Topliss-reactive ketones (excluding diaryl/α,β-unsaturated/α-hetero) is 1. The molecule has 0 spiro atoms. The summed E-state index contributed by atoms with van der Waals surface area (Å²) in [5.74, 6) is 3.17. The maximum absolute atomic E-state index is 12.7. The van der Waals surface area contributed by atoms with Crippen LogP contribution in [-0.4, -0.2) is 19.0 Å². The Morgan fingerprint density at radius 3 is 2.35 bits per heavy atom. The van der Waals surface area contributed by atoms with Crippen molar-refractivity contribution in [2.24, 2.45) is 17.8 Å². The van der Waals surface area contributed by atoms with Gasteiger partial charge in [-0.3, -0.25) is 4.79 Å². The second-order valence-electron chi connectivity index (χ2n) is 6.34. The zero-order valence-electron chi connectivity index (χ0n) is 12.2. The Bertz CT molecular complexity index is 499. The zero-order valence-corrected chi connectivity index (χ0v) is 12.2. The van der Waals surface area contributed by atoms with Crippen LogP contribution < -0.4 is 9.47 Å². The van der Waals surface area contributed by atoms with E-state index in [-0.39, 0.29) is 11.7 Å². The van der Waals surface area contributed by atoms with E-state index in [9.17, 15) is 4.79 Å². The summed E-state index contributed by atoms with van der Waals surface area (Å²) >= 11 is 0. The Balaban J connectivity index is 1.79. The first-order valence-corrected chi connectivity index (χ1v) is 7.57. The normalized spacial score (nSPS) is 29.0. The highest BCUT2D eigenvalue weighted by atomic mass is 16.6. The van der Waals surface area contributed by atoms with Gasteiger partial charge in [-0.1, -0.05) is 13.8 Å². The van der Waals surface area contributed by atoms with Gasteiger partial charge in [-0.2, -0.15) is 0 Å². The predicted octanol–water partition coefficient (Wildman–Crippen LogP) is 3.71. The van der Waals surface area contributed by atoms with Crippen LogP contribution in [0.25, 0.3) is 0 Å². The molecular weight excluding hydrogens is 252 g/mol. The lowest BCUT2D eigenvalue weighted by atomic mass is 9.74. The molecule has 3 heteroatoms. The summed E-state index contributed by atoms with van der Waals surface area (Å²) in [7, 11) is 0. The zero-order chi connectivity index (χ0) is 14.1. The predicted molar refractivity (Wildman–Crippen MR) is 77.4 cm³/mol. The molecule has 0 saturated heterocycles. The van der Waals surface area contributed by atoms with Gasteiger partial charge in [0.05, 0.1) is 0 Å². The third-order valence-corrected chi connectivity index (χ3v) is 4.38. The van der Waals surface area contributed by atoms with Crippen molar-refractivity contribution in [3.63, 3.8) is 0 Å². The van der Waals surface area contributed by atoms with Gasteiger partial charge in [0.1, 0.15) is 13.2 Å². The lowest BCUT2D eigenvalue weighted by molar-refractivity contribution is 0.0835. The molecule has 1 aromatic rings. The van der Waals surface area contributed by atoms with E-state index in [1.165, 1.54) is 6.42 Å². The number of benzene rings is 1. The van der Waals surface area contributed by atoms with Crippen LogP contribution in [0.15, 0.2) is 18.2 Å². The van der Waals surface area contributed by atoms with Crippen LogP contribution in [0.1, 0.15) is 43.5 Å². The van der Waals surface area contributed by atoms with Crippen LogP contribution in [0.2, 0.25) is 0 Å². The van der Waals surface area contributed by atoms with E-state index in [1.807, 2.05) is 18.2 Å². The van der Waals surface area contributed by atoms with E-state index in [1.54, 1.807) is 0 Å². The molecule has 20 heavy (non-hydrogen) atoms. The van der Waals surface area contributed by atoms with Crippen LogP contribution in [0, 0.1) is 17.8 Å². The largest absolute Gasteiger partial charge is 0.486 e. The molecule has 2 unspecified atom stereocenters. The average molecular weight is 274 g/mol. The van der Waals surface area contributed by atoms with Gasteiger partial charge in [0.15, 0.2) is 17.3 Å². The number of carbonyl (C=O) groups excluding carboxylic acids is 1. The summed E-state index contributed by atoms with van der Waals surface area (Å²) in [4.78, 5) is 12.7.